The molecule has 3 aromatic rings. The van der Waals surface area contributed by atoms with Crippen molar-refractivity contribution in [2.75, 3.05) is 0 Å². The Morgan fingerprint density at radius 3 is 2.54 bits per heavy atom. The number of carbonyl (C=O) groups is 1. The van der Waals surface area contributed by atoms with Crippen molar-refractivity contribution in [1.82, 2.24) is 10.2 Å². The molecule has 2 heterocycles. The van der Waals surface area contributed by atoms with Gasteiger partial charge in [-0.1, -0.05) is 11.6 Å². The van der Waals surface area contributed by atoms with E-state index in [0.717, 1.165) is 17.3 Å². The number of aryl methyl sites for hydroxylation is 1. The van der Waals surface area contributed by atoms with Crippen LogP contribution in [0.25, 0.3) is 17.4 Å². The standard InChI is InChI=1S/C16H11ClN2O4S/c1-9-18-19-16(22-9)24-14(15(20)21)8-12-6-7-13(23-12)10-2-4-11(17)5-3-10/h2-8H,1H3,(H,20,21)/b14-8-. The maximum atomic E-state index is 11.4. The fourth-order valence-corrected chi connectivity index (χ4v) is 2.70. The van der Waals surface area contributed by atoms with Gasteiger partial charge < -0.3 is 13.9 Å². The number of thioether (sulfide) groups is 1. The predicted molar refractivity (Wildman–Crippen MR) is 89.7 cm³/mol. The fourth-order valence-electron chi connectivity index (χ4n) is 1.88. The molecule has 0 unspecified atom stereocenters. The third kappa shape index (κ3) is 3.87. The summed E-state index contributed by atoms with van der Waals surface area (Å²) in [5.74, 6) is 0.271. The van der Waals surface area contributed by atoms with Crippen LogP contribution in [-0.4, -0.2) is 21.3 Å². The van der Waals surface area contributed by atoms with Crippen molar-refractivity contribution >= 4 is 35.4 Å². The summed E-state index contributed by atoms with van der Waals surface area (Å²) in [6.07, 6.45) is 1.41. The number of furan rings is 1. The van der Waals surface area contributed by atoms with Crippen LogP contribution < -0.4 is 0 Å². The van der Waals surface area contributed by atoms with Gasteiger partial charge in [-0.2, -0.15) is 0 Å². The van der Waals surface area contributed by atoms with Crippen LogP contribution in [0.4, 0.5) is 0 Å². The number of aromatic nitrogens is 2. The predicted octanol–water partition coefficient (Wildman–Crippen LogP) is 4.51. The Hall–Kier alpha value is -2.51. The number of halogens is 1. The normalized spacial score (nSPS) is 11.7. The molecule has 8 heteroatoms. The first-order valence-corrected chi connectivity index (χ1v) is 7.99. The minimum atomic E-state index is -1.11. The average molecular weight is 363 g/mol. The SMILES string of the molecule is Cc1nnc(S/C(=C\c2ccc(-c3ccc(Cl)cc3)o2)C(=O)O)o1. The van der Waals surface area contributed by atoms with Crippen LogP contribution in [0.3, 0.4) is 0 Å². The number of benzene rings is 1. The smallest absolute Gasteiger partial charge is 0.342 e. The number of hydrogen-bond acceptors (Lipinski definition) is 6. The summed E-state index contributed by atoms with van der Waals surface area (Å²) in [5.41, 5.74) is 0.844. The minimum absolute atomic E-state index is 0.00987. The molecule has 0 bridgehead atoms. The summed E-state index contributed by atoms with van der Waals surface area (Å²) in [7, 11) is 0. The number of rotatable bonds is 5. The molecule has 0 amide bonds. The molecule has 6 nitrogen and oxygen atoms in total. The molecule has 0 aliphatic carbocycles. The van der Waals surface area contributed by atoms with E-state index >= 15 is 0 Å². The van der Waals surface area contributed by atoms with Crippen molar-refractivity contribution in [2.45, 2.75) is 12.1 Å². The topological polar surface area (TPSA) is 89.4 Å². The highest BCUT2D eigenvalue weighted by molar-refractivity contribution is 8.03. The quantitative estimate of drug-likeness (QED) is 0.527. The summed E-state index contributed by atoms with van der Waals surface area (Å²) in [4.78, 5) is 11.4. The minimum Gasteiger partial charge on any atom is -0.477 e. The Balaban J connectivity index is 1.85. The second-order valence-electron chi connectivity index (χ2n) is 4.71. The summed E-state index contributed by atoms with van der Waals surface area (Å²) in [6, 6.07) is 10.6. The van der Waals surface area contributed by atoms with Gasteiger partial charge in [0.2, 0.25) is 5.89 Å². The van der Waals surface area contributed by atoms with E-state index in [2.05, 4.69) is 10.2 Å². The van der Waals surface area contributed by atoms with Crippen LogP contribution in [0.5, 0.6) is 0 Å². The maximum Gasteiger partial charge on any atom is 0.342 e. The number of carboxylic acid groups (broad SMARTS) is 1. The molecule has 0 saturated carbocycles. The van der Waals surface area contributed by atoms with Gasteiger partial charge in [0.15, 0.2) is 0 Å². The summed E-state index contributed by atoms with van der Waals surface area (Å²) < 4.78 is 10.9. The first-order chi connectivity index (χ1) is 11.5. The Bertz CT molecular complexity index is 899. The molecule has 1 N–H and O–H groups in total. The largest absolute Gasteiger partial charge is 0.477 e. The molecule has 0 saturated heterocycles. The van der Waals surface area contributed by atoms with Crippen molar-refractivity contribution in [3.8, 4) is 11.3 Å². The van der Waals surface area contributed by atoms with Gasteiger partial charge in [0.25, 0.3) is 5.22 Å². The Morgan fingerprint density at radius 2 is 1.92 bits per heavy atom. The fraction of sp³-hybridized carbons (Fsp3) is 0.0625. The van der Waals surface area contributed by atoms with E-state index in [-0.39, 0.29) is 10.1 Å². The van der Waals surface area contributed by atoms with Crippen LogP contribution >= 0.6 is 23.4 Å². The first-order valence-electron chi connectivity index (χ1n) is 6.80. The van der Waals surface area contributed by atoms with Gasteiger partial charge in [-0.3, -0.25) is 0 Å². The van der Waals surface area contributed by atoms with E-state index in [1.807, 2.05) is 12.1 Å². The van der Waals surface area contributed by atoms with Crippen LogP contribution in [-0.2, 0) is 4.79 Å². The van der Waals surface area contributed by atoms with Gasteiger partial charge in [-0.15, -0.1) is 10.2 Å². The monoisotopic (exact) mass is 362 g/mol. The van der Waals surface area contributed by atoms with Crippen LogP contribution in [0.2, 0.25) is 5.02 Å². The third-order valence-corrected chi connectivity index (χ3v) is 4.05. The first kappa shape index (κ1) is 16.4. The number of carboxylic acids is 1. The van der Waals surface area contributed by atoms with E-state index < -0.39 is 5.97 Å². The molecule has 0 atom stereocenters. The van der Waals surface area contributed by atoms with Gasteiger partial charge >= 0.3 is 5.97 Å². The second kappa shape index (κ2) is 6.94. The van der Waals surface area contributed by atoms with Gasteiger partial charge in [0.1, 0.15) is 16.4 Å². The Morgan fingerprint density at radius 1 is 1.17 bits per heavy atom. The third-order valence-electron chi connectivity index (χ3n) is 2.94. The highest BCUT2D eigenvalue weighted by atomic mass is 35.5. The van der Waals surface area contributed by atoms with Crippen molar-refractivity contribution in [2.24, 2.45) is 0 Å². The van der Waals surface area contributed by atoms with Gasteiger partial charge in [0.05, 0.1) is 0 Å². The second-order valence-corrected chi connectivity index (χ2v) is 6.14. The van der Waals surface area contributed by atoms with Gasteiger partial charge in [0, 0.05) is 23.6 Å². The molecule has 24 heavy (non-hydrogen) atoms. The molecule has 1 aromatic carbocycles. The zero-order valence-corrected chi connectivity index (χ0v) is 14.0. The molecule has 0 aliphatic rings. The van der Waals surface area contributed by atoms with E-state index in [1.54, 1.807) is 31.2 Å². The average Bonchev–Trinajstić information content (AvgIpc) is 3.17. The maximum absolute atomic E-state index is 11.4. The molecule has 122 valence electrons. The van der Waals surface area contributed by atoms with Crippen LogP contribution in [0.1, 0.15) is 11.7 Å². The number of aliphatic carboxylic acids is 1. The van der Waals surface area contributed by atoms with Gasteiger partial charge in [-0.05, 0) is 48.2 Å². The summed E-state index contributed by atoms with van der Waals surface area (Å²) in [5, 5.41) is 17.5. The molecule has 3 rings (SSSR count). The lowest BCUT2D eigenvalue weighted by atomic mass is 10.2. The van der Waals surface area contributed by atoms with E-state index in [0.29, 0.717) is 22.4 Å². The van der Waals surface area contributed by atoms with E-state index in [9.17, 15) is 9.90 Å². The molecule has 0 fully saturated rings. The number of hydrogen-bond donors (Lipinski definition) is 1. The highest BCUT2D eigenvalue weighted by Crippen LogP contribution is 2.29. The molecule has 0 aliphatic heterocycles. The molecule has 0 spiro atoms. The van der Waals surface area contributed by atoms with Crippen molar-refractivity contribution in [1.29, 1.82) is 0 Å². The lowest BCUT2D eigenvalue weighted by Crippen LogP contribution is -1.96. The van der Waals surface area contributed by atoms with Gasteiger partial charge in [-0.25, -0.2) is 4.79 Å². The molecular formula is C16H11ClN2O4S. The highest BCUT2D eigenvalue weighted by Gasteiger charge is 2.15. The molecular weight excluding hydrogens is 352 g/mol. The van der Waals surface area contributed by atoms with Crippen molar-refractivity contribution in [3.05, 3.63) is 58.0 Å². The Labute approximate surface area is 146 Å². The van der Waals surface area contributed by atoms with Crippen LogP contribution in [0, 0.1) is 6.92 Å². The van der Waals surface area contributed by atoms with Crippen molar-refractivity contribution in [3.63, 3.8) is 0 Å². The van der Waals surface area contributed by atoms with E-state index in [1.165, 1.54) is 6.08 Å². The lowest BCUT2D eigenvalue weighted by Gasteiger charge is -1.98. The zero-order valence-electron chi connectivity index (χ0n) is 12.4. The summed E-state index contributed by atoms with van der Waals surface area (Å²) >= 11 is 6.72. The Kier molecular flexibility index (Phi) is 4.73. The summed E-state index contributed by atoms with van der Waals surface area (Å²) in [6.45, 7) is 1.63. The number of nitrogens with zero attached hydrogens (tertiary/aromatic N) is 2. The molecule has 2 aromatic heterocycles. The lowest BCUT2D eigenvalue weighted by molar-refractivity contribution is -0.131. The van der Waals surface area contributed by atoms with Crippen molar-refractivity contribution < 1.29 is 18.7 Å². The zero-order chi connectivity index (χ0) is 17.1. The van der Waals surface area contributed by atoms with Crippen LogP contribution in [0.15, 0.2) is 55.4 Å². The van der Waals surface area contributed by atoms with E-state index in [4.69, 9.17) is 20.4 Å². The molecule has 0 radical (unpaired) electrons.